The number of amides is 1. The molecule has 0 spiro atoms. The van der Waals surface area contributed by atoms with E-state index in [0.717, 1.165) is 12.8 Å². The number of carbonyl (C=O) groups is 1. The second-order valence-electron chi connectivity index (χ2n) is 3.73. The van der Waals surface area contributed by atoms with Gasteiger partial charge in [0.25, 0.3) is 5.91 Å². The summed E-state index contributed by atoms with van der Waals surface area (Å²) >= 11 is 0. The number of allylic oxidation sites excluding steroid dienone is 1. The van der Waals surface area contributed by atoms with Crippen molar-refractivity contribution in [1.29, 1.82) is 0 Å². The third-order valence-corrected chi connectivity index (χ3v) is 2.27. The average molecular weight is 218 g/mol. The highest BCUT2D eigenvalue weighted by Crippen LogP contribution is 1.98. The van der Waals surface area contributed by atoms with Gasteiger partial charge in [-0.15, -0.1) is 6.58 Å². The van der Waals surface area contributed by atoms with Gasteiger partial charge in [-0.05, 0) is 31.9 Å². The smallest absolute Gasteiger partial charge is 0.265 e. The molecule has 0 saturated heterocycles. The Balaban J connectivity index is 2.33. The molecule has 0 saturated carbocycles. The Bertz CT molecular complexity index is 335. The van der Waals surface area contributed by atoms with Gasteiger partial charge in [-0.1, -0.05) is 24.3 Å². The molecule has 86 valence electrons. The van der Waals surface area contributed by atoms with Gasteiger partial charge in [0, 0.05) is 11.6 Å². The van der Waals surface area contributed by atoms with Crippen molar-refractivity contribution < 1.29 is 4.79 Å². The molecule has 3 heteroatoms. The topological polar surface area (TPSA) is 41.1 Å². The largest absolute Gasteiger partial charge is 0.287 e. The van der Waals surface area contributed by atoms with Gasteiger partial charge in [-0.2, -0.15) is 0 Å². The highest BCUT2D eigenvalue weighted by Gasteiger charge is 2.05. The molecule has 0 aromatic heterocycles. The number of carbonyl (C=O) groups excluding carboxylic acids is 1. The minimum Gasteiger partial charge on any atom is -0.287 e. The van der Waals surface area contributed by atoms with Crippen LogP contribution in [0.2, 0.25) is 0 Å². The summed E-state index contributed by atoms with van der Waals surface area (Å²) in [6, 6.07) is 9.38. The molecule has 0 aliphatic carbocycles. The molecule has 1 unspecified atom stereocenters. The lowest BCUT2D eigenvalue weighted by Gasteiger charge is -2.13. The number of hydrogen-bond donors (Lipinski definition) is 2. The fraction of sp³-hybridized carbons (Fsp3) is 0.308. The Kier molecular flexibility index (Phi) is 5.29. The molecule has 0 bridgehead atoms. The lowest BCUT2D eigenvalue weighted by atomic mass is 10.2. The normalized spacial score (nSPS) is 11.8. The predicted octanol–water partition coefficient (Wildman–Crippen LogP) is 2.28. The summed E-state index contributed by atoms with van der Waals surface area (Å²) in [5.74, 6) is -0.106. The van der Waals surface area contributed by atoms with E-state index in [1.807, 2.05) is 31.2 Å². The van der Waals surface area contributed by atoms with Crippen molar-refractivity contribution in [3.05, 3.63) is 48.6 Å². The highest BCUT2D eigenvalue weighted by atomic mass is 16.2. The minimum atomic E-state index is -0.106. The van der Waals surface area contributed by atoms with Crippen LogP contribution in [0, 0.1) is 0 Å². The van der Waals surface area contributed by atoms with Crippen LogP contribution in [0.1, 0.15) is 30.1 Å². The molecule has 0 aliphatic heterocycles. The fourth-order valence-electron chi connectivity index (χ4n) is 1.29. The summed E-state index contributed by atoms with van der Waals surface area (Å²) < 4.78 is 0. The zero-order chi connectivity index (χ0) is 11.8. The van der Waals surface area contributed by atoms with E-state index in [2.05, 4.69) is 17.4 Å². The molecule has 0 fully saturated rings. The quantitative estimate of drug-likeness (QED) is 0.568. The van der Waals surface area contributed by atoms with Crippen LogP contribution >= 0.6 is 0 Å². The summed E-state index contributed by atoms with van der Waals surface area (Å²) in [6.45, 7) is 5.68. The second kappa shape index (κ2) is 6.80. The van der Waals surface area contributed by atoms with Crippen molar-refractivity contribution in [2.75, 3.05) is 0 Å². The van der Waals surface area contributed by atoms with Crippen LogP contribution in [0.4, 0.5) is 0 Å². The van der Waals surface area contributed by atoms with Crippen LogP contribution < -0.4 is 10.9 Å². The lowest BCUT2D eigenvalue weighted by Crippen LogP contribution is -2.42. The maximum Gasteiger partial charge on any atom is 0.265 e. The van der Waals surface area contributed by atoms with Crippen LogP contribution in [-0.4, -0.2) is 11.9 Å². The van der Waals surface area contributed by atoms with E-state index in [0.29, 0.717) is 5.56 Å². The first kappa shape index (κ1) is 12.5. The Morgan fingerprint density at radius 3 is 2.75 bits per heavy atom. The first-order valence-corrected chi connectivity index (χ1v) is 5.46. The molecule has 1 atom stereocenters. The third kappa shape index (κ3) is 4.28. The fourth-order valence-corrected chi connectivity index (χ4v) is 1.29. The summed E-state index contributed by atoms with van der Waals surface area (Å²) in [4.78, 5) is 11.6. The summed E-state index contributed by atoms with van der Waals surface area (Å²) in [5, 5.41) is 0. The Labute approximate surface area is 96.5 Å². The Hall–Kier alpha value is -1.61. The van der Waals surface area contributed by atoms with Gasteiger partial charge in [0.1, 0.15) is 0 Å². The molecule has 0 aliphatic rings. The maximum atomic E-state index is 11.6. The maximum absolute atomic E-state index is 11.6. The number of nitrogens with one attached hydrogen (secondary N) is 2. The number of hydrogen-bond acceptors (Lipinski definition) is 2. The van der Waals surface area contributed by atoms with Crippen molar-refractivity contribution >= 4 is 5.91 Å². The number of rotatable bonds is 6. The van der Waals surface area contributed by atoms with Gasteiger partial charge in [-0.25, -0.2) is 5.43 Å². The van der Waals surface area contributed by atoms with E-state index in [4.69, 9.17) is 0 Å². The SMILES string of the molecule is C=CCCC(C)NNC(=O)c1ccccc1. The van der Waals surface area contributed by atoms with E-state index in [9.17, 15) is 4.79 Å². The standard InChI is InChI=1S/C13H18N2O/c1-3-4-8-11(2)14-15-13(16)12-9-6-5-7-10-12/h3,5-7,9-11,14H,1,4,8H2,2H3,(H,15,16). The molecule has 1 aromatic carbocycles. The summed E-state index contributed by atoms with van der Waals surface area (Å²) in [6.07, 6.45) is 3.77. The lowest BCUT2D eigenvalue weighted by molar-refractivity contribution is 0.0925. The van der Waals surface area contributed by atoms with Crippen LogP contribution in [-0.2, 0) is 0 Å². The third-order valence-electron chi connectivity index (χ3n) is 2.27. The van der Waals surface area contributed by atoms with Gasteiger partial charge < -0.3 is 0 Å². The number of hydrazine groups is 1. The molecule has 3 nitrogen and oxygen atoms in total. The monoisotopic (exact) mass is 218 g/mol. The molecule has 1 rings (SSSR count). The minimum absolute atomic E-state index is 0.106. The van der Waals surface area contributed by atoms with Crippen LogP contribution in [0.15, 0.2) is 43.0 Å². The van der Waals surface area contributed by atoms with Crippen LogP contribution in [0.3, 0.4) is 0 Å². The molecular formula is C13H18N2O. The van der Waals surface area contributed by atoms with E-state index in [1.54, 1.807) is 12.1 Å². The number of benzene rings is 1. The highest BCUT2D eigenvalue weighted by molar-refractivity contribution is 5.93. The Morgan fingerprint density at radius 2 is 2.12 bits per heavy atom. The zero-order valence-corrected chi connectivity index (χ0v) is 9.57. The molecule has 16 heavy (non-hydrogen) atoms. The van der Waals surface area contributed by atoms with Gasteiger partial charge in [-0.3, -0.25) is 10.2 Å². The first-order valence-electron chi connectivity index (χ1n) is 5.46. The van der Waals surface area contributed by atoms with Gasteiger partial charge in [0.15, 0.2) is 0 Å². The first-order chi connectivity index (χ1) is 7.74. The molecular weight excluding hydrogens is 200 g/mol. The average Bonchev–Trinajstić information content (AvgIpc) is 2.34. The molecule has 0 heterocycles. The van der Waals surface area contributed by atoms with Crippen molar-refractivity contribution in [1.82, 2.24) is 10.9 Å². The van der Waals surface area contributed by atoms with E-state index >= 15 is 0 Å². The van der Waals surface area contributed by atoms with Gasteiger partial charge in [0.2, 0.25) is 0 Å². The summed E-state index contributed by atoms with van der Waals surface area (Å²) in [7, 11) is 0. The molecule has 1 amide bonds. The van der Waals surface area contributed by atoms with E-state index in [1.165, 1.54) is 0 Å². The van der Waals surface area contributed by atoms with E-state index < -0.39 is 0 Å². The zero-order valence-electron chi connectivity index (χ0n) is 9.57. The van der Waals surface area contributed by atoms with Gasteiger partial charge in [0.05, 0.1) is 0 Å². The van der Waals surface area contributed by atoms with Crippen molar-refractivity contribution in [3.8, 4) is 0 Å². The van der Waals surface area contributed by atoms with Crippen molar-refractivity contribution in [3.63, 3.8) is 0 Å². The predicted molar refractivity (Wildman–Crippen MR) is 65.9 cm³/mol. The Morgan fingerprint density at radius 1 is 1.44 bits per heavy atom. The molecule has 1 aromatic rings. The van der Waals surface area contributed by atoms with Gasteiger partial charge >= 0.3 is 0 Å². The second-order valence-corrected chi connectivity index (χ2v) is 3.73. The summed E-state index contributed by atoms with van der Waals surface area (Å²) in [5.41, 5.74) is 6.31. The van der Waals surface area contributed by atoms with Crippen LogP contribution in [0.25, 0.3) is 0 Å². The van der Waals surface area contributed by atoms with E-state index in [-0.39, 0.29) is 11.9 Å². The van der Waals surface area contributed by atoms with Crippen LogP contribution in [0.5, 0.6) is 0 Å². The molecule has 0 radical (unpaired) electrons. The molecule has 2 N–H and O–H groups in total. The van der Waals surface area contributed by atoms with Crippen molar-refractivity contribution in [2.45, 2.75) is 25.8 Å². The van der Waals surface area contributed by atoms with Crippen molar-refractivity contribution in [2.24, 2.45) is 0 Å².